The minimum absolute atomic E-state index is 0.0702. The van der Waals surface area contributed by atoms with Gasteiger partial charge in [-0.1, -0.05) is 26.3 Å². The third-order valence-corrected chi connectivity index (χ3v) is 7.41. The van der Waals surface area contributed by atoms with Crippen molar-refractivity contribution in [2.45, 2.75) is 77.2 Å². The molecule has 2 heteroatoms. The van der Waals surface area contributed by atoms with Crippen molar-refractivity contribution >= 4 is 0 Å². The summed E-state index contributed by atoms with van der Waals surface area (Å²) >= 11 is 0. The molecule has 2 saturated carbocycles. The molecule has 0 saturated heterocycles. The zero-order valence-corrected chi connectivity index (χ0v) is 15.3. The normalized spacial score (nSPS) is 37.5. The van der Waals surface area contributed by atoms with Gasteiger partial charge in [0.2, 0.25) is 0 Å². The molecule has 1 aromatic rings. The molecule has 3 aliphatic rings. The molecule has 2 nitrogen and oxygen atoms in total. The Morgan fingerprint density at radius 3 is 2.92 bits per heavy atom. The Hall–Kier alpha value is -1.02. The maximum atomic E-state index is 10.5. The number of unbranched alkanes of at least 4 members (excludes halogenated alkanes) is 1. The molecule has 0 bridgehead atoms. The average molecular weight is 328 g/mol. The van der Waals surface area contributed by atoms with Gasteiger partial charge in [-0.25, -0.2) is 0 Å². The Labute approximate surface area is 146 Å². The highest BCUT2D eigenvalue weighted by molar-refractivity contribution is 5.40. The quantitative estimate of drug-likeness (QED) is 0.781. The van der Waals surface area contributed by atoms with E-state index in [0.29, 0.717) is 5.92 Å². The van der Waals surface area contributed by atoms with Gasteiger partial charge in [0.25, 0.3) is 0 Å². The number of aryl methyl sites for hydroxylation is 1. The minimum atomic E-state index is -0.0702. The van der Waals surface area contributed by atoms with Crippen molar-refractivity contribution < 1.29 is 9.84 Å². The number of hydrogen-bond acceptors (Lipinski definition) is 2. The van der Waals surface area contributed by atoms with Gasteiger partial charge >= 0.3 is 0 Å². The van der Waals surface area contributed by atoms with Crippen LogP contribution in [0, 0.1) is 17.3 Å². The van der Waals surface area contributed by atoms with Crippen LogP contribution in [0.15, 0.2) is 18.2 Å². The average Bonchev–Trinajstić information content (AvgIpc) is 2.90. The third kappa shape index (κ3) is 2.58. The van der Waals surface area contributed by atoms with Gasteiger partial charge in [0, 0.05) is 0 Å². The second-order valence-electron chi connectivity index (χ2n) is 8.62. The Kier molecular flexibility index (Phi) is 4.36. The first-order chi connectivity index (χ1) is 11.6. The van der Waals surface area contributed by atoms with Crippen LogP contribution in [0.3, 0.4) is 0 Å². The van der Waals surface area contributed by atoms with Crippen molar-refractivity contribution in [3.05, 3.63) is 29.3 Å². The SMILES string of the molecule is CCCCOc1ccc2c(c1)CCC1C2CC[C@@]2(C)C1CC[C@@H]2O. The number of aliphatic hydroxyl groups excluding tert-OH is 1. The molecule has 4 rings (SSSR count). The molecule has 5 atom stereocenters. The number of ether oxygens (including phenoxy) is 1. The van der Waals surface area contributed by atoms with Crippen molar-refractivity contribution in [3.63, 3.8) is 0 Å². The fraction of sp³-hybridized carbons (Fsp3) is 0.727. The fourth-order valence-electron chi connectivity index (χ4n) is 5.96. The zero-order valence-electron chi connectivity index (χ0n) is 15.3. The number of benzene rings is 1. The lowest BCUT2D eigenvalue weighted by Crippen LogP contribution is -2.43. The molecule has 132 valence electrons. The second kappa shape index (κ2) is 6.37. The van der Waals surface area contributed by atoms with Crippen molar-refractivity contribution in [2.24, 2.45) is 17.3 Å². The van der Waals surface area contributed by atoms with Gasteiger partial charge in [0.15, 0.2) is 0 Å². The standard InChI is InChI=1S/C22H32O2/c1-3-4-13-24-16-6-8-17-15(14-16)5-7-19-18(17)11-12-22(2)20(19)9-10-21(22)23/h6,8,14,18-21,23H,3-5,7,9-13H2,1-2H3/t18?,19?,20?,21-,22-/m0/s1. The molecule has 0 aromatic heterocycles. The molecule has 3 aliphatic carbocycles. The van der Waals surface area contributed by atoms with Crippen LogP contribution < -0.4 is 4.74 Å². The number of rotatable bonds is 4. The Morgan fingerprint density at radius 1 is 1.21 bits per heavy atom. The highest BCUT2D eigenvalue weighted by Gasteiger charge is 2.54. The Morgan fingerprint density at radius 2 is 2.08 bits per heavy atom. The van der Waals surface area contributed by atoms with E-state index in [0.717, 1.165) is 37.0 Å². The summed E-state index contributed by atoms with van der Waals surface area (Å²) in [6.07, 6.45) is 9.40. The molecular weight excluding hydrogens is 296 g/mol. The van der Waals surface area contributed by atoms with E-state index < -0.39 is 0 Å². The van der Waals surface area contributed by atoms with E-state index in [-0.39, 0.29) is 11.5 Å². The highest BCUT2D eigenvalue weighted by atomic mass is 16.5. The van der Waals surface area contributed by atoms with E-state index in [1.165, 1.54) is 44.1 Å². The summed E-state index contributed by atoms with van der Waals surface area (Å²) in [5.41, 5.74) is 3.28. The maximum absolute atomic E-state index is 10.5. The Bertz CT molecular complexity index is 596. The monoisotopic (exact) mass is 328 g/mol. The van der Waals surface area contributed by atoms with Crippen LogP contribution in [0.25, 0.3) is 0 Å². The van der Waals surface area contributed by atoms with Crippen LogP contribution in [0.5, 0.6) is 5.75 Å². The summed E-state index contributed by atoms with van der Waals surface area (Å²) in [6, 6.07) is 6.84. The highest BCUT2D eigenvalue weighted by Crippen LogP contribution is 2.60. The van der Waals surface area contributed by atoms with Gasteiger partial charge in [-0.05, 0) is 91.4 Å². The predicted octanol–water partition coefficient (Wildman–Crippen LogP) is 5.08. The number of fused-ring (bicyclic) bond motifs is 5. The summed E-state index contributed by atoms with van der Waals surface area (Å²) in [6.45, 7) is 5.39. The first kappa shape index (κ1) is 16.4. The van der Waals surface area contributed by atoms with Crippen LogP contribution in [0.4, 0.5) is 0 Å². The van der Waals surface area contributed by atoms with Crippen molar-refractivity contribution in [2.75, 3.05) is 6.61 Å². The third-order valence-electron chi connectivity index (χ3n) is 7.41. The van der Waals surface area contributed by atoms with Crippen LogP contribution in [0.1, 0.15) is 75.8 Å². The molecule has 3 unspecified atom stereocenters. The number of aliphatic hydroxyl groups is 1. The van der Waals surface area contributed by atoms with Gasteiger partial charge in [0.1, 0.15) is 5.75 Å². The van der Waals surface area contributed by atoms with Crippen molar-refractivity contribution in [1.29, 1.82) is 0 Å². The molecule has 0 amide bonds. The zero-order chi connectivity index (χ0) is 16.7. The van der Waals surface area contributed by atoms with E-state index in [1.807, 2.05) is 0 Å². The van der Waals surface area contributed by atoms with Gasteiger partial charge in [-0.3, -0.25) is 0 Å². The lowest BCUT2D eigenvalue weighted by Gasteiger charge is -2.50. The lowest BCUT2D eigenvalue weighted by atomic mass is 9.55. The van der Waals surface area contributed by atoms with E-state index >= 15 is 0 Å². The predicted molar refractivity (Wildman–Crippen MR) is 97.5 cm³/mol. The molecule has 0 heterocycles. The molecule has 1 N–H and O–H groups in total. The van der Waals surface area contributed by atoms with Gasteiger partial charge in [-0.15, -0.1) is 0 Å². The lowest BCUT2D eigenvalue weighted by molar-refractivity contribution is -0.0226. The topological polar surface area (TPSA) is 29.5 Å². The van der Waals surface area contributed by atoms with Crippen LogP contribution >= 0.6 is 0 Å². The molecule has 1 aromatic carbocycles. The van der Waals surface area contributed by atoms with Crippen molar-refractivity contribution in [3.8, 4) is 5.75 Å². The van der Waals surface area contributed by atoms with Gasteiger partial charge < -0.3 is 9.84 Å². The summed E-state index contributed by atoms with van der Waals surface area (Å²) in [5, 5.41) is 10.5. The summed E-state index contributed by atoms with van der Waals surface area (Å²) in [7, 11) is 0. The smallest absolute Gasteiger partial charge is 0.119 e. The van der Waals surface area contributed by atoms with E-state index in [2.05, 4.69) is 32.0 Å². The fourth-order valence-corrected chi connectivity index (χ4v) is 5.96. The van der Waals surface area contributed by atoms with Gasteiger partial charge in [-0.2, -0.15) is 0 Å². The summed E-state index contributed by atoms with van der Waals surface area (Å²) < 4.78 is 5.91. The Balaban J connectivity index is 1.55. The first-order valence-corrected chi connectivity index (χ1v) is 10.1. The van der Waals surface area contributed by atoms with E-state index in [9.17, 15) is 5.11 Å². The van der Waals surface area contributed by atoms with Crippen LogP contribution in [-0.4, -0.2) is 17.8 Å². The molecule has 0 spiro atoms. The summed E-state index contributed by atoms with van der Waals surface area (Å²) in [4.78, 5) is 0. The number of hydrogen-bond donors (Lipinski definition) is 1. The van der Waals surface area contributed by atoms with Gasteiger partial charge in [0.05, 0.1) is 12.7 Å². The van der Waals surface area contributed by atoms with E-state index in [4.69, 9.17) is 4.74 Å². The second-order valence-corrected chi connectivity index (χ2v) is 8.62. The molecule has 2 fully saturated rings. The van der Waals surface area contributed by atoms with Crippen LogP contribution in [-0.2, 0) is 6.42 Å². The molecule has 24 heavy (non-hydrogen) atoms. The van der Waals surface area contributed by atoms with Crippen LogP contribution in [0.2, 0.25) is 0 Å². The maximum Gasteiger partial charge on any atom is 0.119 e. The largest absolute Gasteiger partial charge is 0.494 e. The molecule has 0 radical (unpaired) electrons. The first-order valence-electron chi connectivity index (χ1n) is 10.1. The molecule has 0 aliphatic heterocycles. The molecular formula is C22H32O2. The minimum Gasteiger partial charge on any atom is -0.494 e. The van der Waals surface area contributed by atoms with E-state index in [1.54, 1.807) is 5.56 Å². The summed E-state index contributed by atoms with van der Waals surface area (Å²) in [5.74, 6) is 3.26. The van der Waals surface area contributed by atoms with Crippen molar-refractivity contribution in [1.82, 2.24) is 0 Å².